The molecule has 0 amide bonds. The predicted octanol–water partition coefficient (Wildman–Crippen LogP) is 4.07. The summed E-state index contributed by atoms with van der Waals surface area (Å²) in [4.78, 5) is 14.9. The second-order valence-corrected chi connectivity index (χ2v) is 7.86. The maximum atomic E-state index is 13.1. The Morgan fingerprint density at radius 3 is 2.83 bits per heavy atom. The summed E-state index contributed by atoms with van der Waals surface area (Å²) in [6.07, 6.45) is 0. The molecule has 2 heterocycles. The molecular formula is C21H21ClN2O4S. The smallest absolute Gasteiger partial charge is 0.317 e. The van der Waals surface area contributed by atoms with E-state index in [0.717, 1.165) is 11.3 Å². The van der Waals surface area contributed by atoms with E-state index >= 15 is 0 Å². The first-order valence-electron chi connectivity index (χ1n) is 9.29. The quantitative estimate of drug-likeness (QED) is 0.577. The van der Waals surface area contributed by atoms with Gasteiger partial charge in [0, 0.05) is 16.3 Å². The molecule has 0 radical (unpaired) electrons. The number of hydrogen-bond acceptors (Lipinski definition) is 5. The normalized spacial score (nSPS) is 24.8. The number of benzene rings is 2. The molecule has 4 rings (SSSR count). The Morgan fingerprint density at radius 1 is 1.34 bits per heavy atom. The highest BCUT2D eigenvalue weighted by Gasteiger charge is 2.59. The number of carbonyl (C=O) groups excluding carboxylic acids is 1. The molecule has 3 atom stereocenters. The van der Waals surface area contributed by atoms with Crippen molar-refractivity contribution in [1.29, 1.82) is 0 Å². The topological polar surface area (TPSA) is 60.0 Å². The van der Waals surface area contributed by atoms with E-state index in [1.54, 1.807) is 31.1 Å². The molecule has 2 aromatic rings. The molecular weight excluding hydrogens is 412 g/mol. The summed E-state index contributed by atoms with van der Waals surface area (Å²) < 4.78 is 17.2. The molecule has 0 unspecified atom stereocenters. The van der Waals surface area contributed by atoms with Crippen molar-refractivity contribution in [2.75, 3.05) is 18.6 Å². The van der Waals surface area contributed by atoms with Crippen LogP contribution >= 0.6 is 23.8 Å². The molecule has 0 spiro atoms. The number of hydrogen-bond donors (Lipinski definition) is 1. The van der Waals surface area contributed by atoms with Crippen LogP contribution in [0.1, 0.15) is 25.5 Å². The molecule has 0 aromatic heterocycles. The van der Waals surface area contributed by atoms with Gasteiger partial charge in [-0.2, -0.15) is 0 Å². The van der Waals surface area contributed by atoms with Crippen LogP contribution in [0.15, 0.2) is 42.5 Å². The van der Waals surface area contributed by atoms with Crippen LogP contribution in [0.5, 0.6) is 11.5 Å². The fourth-order valence-electron chi connectivity index (χ4n) is 4.09. The third-order valence-electron chi connectivity index (χ3n) is 5.31. The van der Waals surface area contributed by atoms with E-state index < -0.39 is 17.7 Å². The number of nitrogens with one attached hydrogen (secondary N) is 1. The lowest BCUT2D eigenvalue weighted by atomic mass is 9.79. The third-order valence-corrected chi connectivity index (χ3v) is 5.85. The Balaban J connectivity index is 1.89. The minimum atomic E-state index is -1.11. The van der Waals surface area contributed by atoms with Crippen LogP contribution in [0.25, 0.3) is 0 Å². The Bertz CT molecular complexity index is 985. The van der Waals surface area contributed by atoms with Crippen molar-refractivity contribution in [2.24, 2.45) is 5.92 Å². The average molecular weight is 433 g/mol. The highest BCUT2D eigenvalue weighted by Crippen LogP contribution is 2.50. The SMILES string of the molecule is CCOC(=O)[C@@H]1[C@@H]2NC(=S)N(c3cccc(Cl)c3)[C@@]1(C)Oc1ccc(OC)cc12. The van der Waals surface area contributed by atoms with Crippen LogP contribution in [0, 0.1) is 5.92 Å². The van der Waals surface area contributed by atoms with Gasteiger partial charge in [0.2, 0.25) is 5.72 Å². The second kappa shape index (κ2) is 7.39. The van der Waals surface area contributed by atoms with Gasteiger partial charge in [0.05, 0.1) is 19.8 Å². The number of halogens is 1. The van der Waals surface area contributed by atoms with Gasteiger partial charge in [-0.15, -0.1) is 0 Å². The summed E-state index contributed by atoms with van der Waals surface area (Å²) >= 11 is 11.9. The number of ether oxygens (including phenoxy) is 3. The van der Waals surface area contributed by atoms with E-state index in [2.05, 4.69) is 5.32 Å². The standard InChI is InChI=1S/C21H21ClN2O4S/c1-4-27-19(25)17-18-15-11-14(26-3)8-9-16(15)28-21(17,2)24(20(29)23-18)13-7-5-6-12(22)10-13/h5-11,17-18H,4H2,1-3H3,(H,23,29)/t17-,18+,21-/m0/s1. The van der Waals surface area contributed by atoms with Gasteiger partial charge in [-0.25, -0.2) is 0 Å². The van der Waals surface area contributed by atoms with Crippen LogP contribution in [0.3, 0.4) is 0 Å². The molecule has 152 valence electrons. The lowest BCUT2D eigenvalue weighted by Crippen LogP contribution is -2.71. The fraction of sp³-hybridized carbons (Fsp3) is 0.333. The molecule has 2 bridgehead atoms. The first-order chi connectivity index (χ1) is 13.9. The average Bonchev–Trinajstić information content (AvgIpc) is 2.67. The lowest BCUT2D eigenvalue weighted by molar-refractivity contribution is -0.159. The minimum Gasteiger partial charge on any atom is -0.497 e. The van der Waals surface area contributed by atoms with Crippen molar-refractivity contribution in [1.82, 2.24) is 5.32 Å². The zero-order valence-corrected chi connectivity index (χ0v) is 17.8. The van der Waals surface area contributed by atoms with Crippen molar-refractivity contribution >= 4 is 40.6 Å². The monoisotopic (exact) mass is 432 g/mol. The molecule has 0 saturated carbocycles. The summed E-state index contributed by atoms with van der Waals surface area (Å²) in [5, 5.41) is 4.31. The van der Waals surface area contributed by atoms with E-state index in [1.807, 2.05) is 37.3 Å². The number of anilines is 1. The van der Waals surface area contributed by atoms with Gasteiger partial charge in [0.15, 0.2) is 5.11 Å². The van der Waals surface area contributed by atoms with Crippen LogP contribution in [0.4, 0.5) is 5.69 Å². The number of rotatable bonds is 4. The Hall–Kier alpha value is -2.51. The maximum absolute atomic E-state index is 13.1. The highest BCUT2D eigenvalue weighted by molar-refractivity contribution is 7.80. The molecule has 1 N–H and O–H groups in total. The molecule has 2 aliphatic heterocycles. The number of thiocarbonyl (C=S) groups is 1. The van der Waals surface area contributed by atoms with E-state index in [1.165, 1.54) is 0 Å². The maximum Gasteiger partial charge on any atom is 0.317 e. The lowest BCUT2D eigenvalue weighted by Gasteiger charge is -2.55. The minimum absolute atomic E-state index is 0.269. The largest absolute Gasteiger partial charge is 0.497 e. The number of fused-ring (bicyclic) bond motifs is 4. The highest BCUT2D eigenvalue weighted by atomic mass is 35.5. The zero-order valence-electron chi connectivity index (χ0n) is 16.3. The van der Waals surface area contributed by atoms with Gasteiger partial charge in [-0.1, -0.05) is 17.7 Å². The van der Waals surface area contributed by atoms with Crippen LogP contribution in [0.2, 0.25) is 5.02 Å². The van der Waals surface area contributed by atoms with E-state index in [0.29, 0.717) is 21.6 Å². The van der Waals surface area contributed by atoms with Crippen LogP contribution in [-0.4, -0.2) is 30.5 Å². The molecule has 2 aromatic carbocycles. The van der Waals surface area contributed by atoms with Crippen molar-refractivity contribution in [3.8, 4) is 11.5 Å². The van der Waals surface area contributed by atoms with Gasteiger partial charge in [0.1, 0.15) is 17.4 Å². The third kappa shape index (κ3) is 3.18. The van der Waals surface area contributed by atoms with Crippen LogP contribution in [-0.2, 0) is 9.53 Å². The van der Waals surface area contributed by atoms with Gasteiger partial charge in [0.25, 0.3) is 0 Å². The summed E-state index contributed by atoms with van der Waals surface area (Å²) in [5.41, 5.74) is 0.418. The number of nitrogens with zero attached hydrogens (tertiary/aromatic N) is 1. The predicted molar refractivity (Wildman–Crippen MR) is 115 cm³/mol. The van der Waals surface area contributed by atoms with Gasteiger partial charge in [-0.3, -0.25) is 9.69 Å². The Labute approximate surface area is 179 Å². The van der Waals surface area contributed by atoms with E-state index in [-0.39, 0.29) is 12.6 Å². The summed E-state index contributed by atoms with van der Waals surface area (Å²) in [7, 11) is 1.60. The summed E-state index contributed by atoms with van der Waals surface area (Å²) in [6, 6.07) is 12.4. The van der Waals surface area contributed by atoms with Crippen molar-refractivity contribution < 1.29 is 19.0 Å². The summed E-state index contributed by atoms with van der Waals surface area (Å²) in [6.45, 7) is 3.90. The van der Waals surface area contributed by atoms with Crippen molar-refractivity contribution in [3.05, 3.63) is 53.1 Å². The van der Waals surface area contributed by atoms with Crippen LogP contribution < -0.4 is 19.7 Å². The van der Waals surface area contributed by atoms with E-state index in [4.69, 9.17) is 38.0 Å². The number of methoxy groups -OCH3 is 1. The first-order valence-corrected chi connectivity index (χ1v) is 10.1. The molecule has 1 fully saturated rings. The zero-order chi connectivity index (χ0) is 20.8. The van der Waals surface area contributed by atoms with Gasteiger partial charge >= 0.3 is 5.97 Å². The van der Waals surface area contributed by atoms with Crippen molar-refractivity contribution in [3.63, 3.8) is 0 Å². The van der Waals surface area contributed by atoms with Crippen molar-refractivity contribution in [2.45, 2.75) is 25.6 Å². The molecule has 29 heavy (non-hydrogen) atoms. The molecule has 2 aliphatic rings. The number of esters is 1. The van der Waals surface area contributed by atoms with Gasteiger partial charge in [-0.05, 0) is 62.5 Å². The molecule has 1 saturated heterocycles. The number of carbonyl (C=O) groups is 1. The Morgan fingerprint density at radius 2 is 2.14 bits per heavy atom. The summed E-state index contributed by atoms with van der Waals surface area (Å²) in [5.74, 6) is 0.285. The molecule has 6 nitrogen and oxygen atoms in total. The molecule has 0 aliphatic carbocycles. The first kappa shape index (κ1) is 19.8. The fourth-order valence-corrected chi connectivity index (χ4v) is 4.68. The van der Waals surface area contributed by atoms with E-state index in [9.17, 15) is 4.79 Å². The molecule has 8 heteroatoms. The Kier molecular flexibility index (Phi) is 5.04. The second-order valence-electron chi connectivity index (χ2n) is 7.03. The van der Waals surface area contributed by atoms with Gasteiger partial charge < -0.3 is 19.5 Å².